The Balaban J connectivity index is 2.27. The van der Waals surface area contributed by atoms with Gasteiger partial charge < -0.3 is 36.7 Å². The molecule has 8 N–H and O–H groups in total. The van der Waals surface area contributed by atoms with E-state index in [0.29, 0.717) is 5.52 Å². The van der Waals surface area contributed by atoms with Crippen LogP contribution in [-0.4, -0.2) is 65.9 Å². The minimum Gasteiger partial charge on any atom is -0.409 e. The molecule has 0 radical (unpaired) electrons. The van der Waals surface area contributed by atoms with Crippen LogP contribution in [0.2, 0.25) is 0 Å². The number of aliphatic hydroxyl groups is 3. The van der Waals surface area contributed by atoms with Crippen molar-refractivity contribution < 1.29 is 25.3 Å². The molecule has 23 heavy (non-hydrogen) atoms. The summed E-state index contributed by atoms with van der Waals surface area (Å²) in [4.78, 5) is 3.84. The first-order valence-electron chi connectivity index (χ1n) is 6.68. The van der Waals surface area contributed by atoms with Gasteiger partial charge in [-0.25, -0.2) is 9.50 Å². The van der Waals surface area contributed by atoms with Crippen molar-refractivity contribution in [1.29, 1.82) is 0 Å². The average Bonchev–Trinajstić information content (AvgIpc) is 3.09. The Morgan fingerprint density at radius 1 is 1.43 bits per heavy atom. The molecular formula is C12H16N6O5. The number of aliphatic hydroxyl groups excluding tert-OH is 3. The fourth-order valence-corrected chi connectivity index (χ4v) is 2.83. The smallest absolute Gasteiger partial charge is 0.199 e. The van der Waals surface area contributed by atoms with Gasteiger partial charge in [-0.05, 0) is 12.1 Å². The first kappa shape index (κ1) is 15.4. The lowest BCUT2D eigenvalue weighted by molar-refractivity contribution is -0.0584. The summed E-state index contributed by atoms with van der Waals surface area (Å²) in [5, 5.41) is 45.9. The second-order valence-electron chi connectivity index (χ2n) is 5.16. The lowest BCUT2D eigenvalue weighted by Gasteiger charge is -2.30. The van der Waals surface area contributed by atoms with Crippen molar-refractivity contribution >= 4 is 17.2 Å². The zero-order chi connectivity index (χ0) is 16.8. The number of aromatic nitrogens is 3. The highest BCUT2D eigenvalue weighted by molar-refractivity contribution is 5.91. The minimum absolute atomic E-state index is 0.166. The van der Waals surface area contributed by atoms with Crippen LogP contribution in [-0.2, 0) is 10.3 Å². The Bertz CT molecular complexity index is 763. The van der Waals surface area contributed by atoms with E-state index in [-0.39, 0.29) is 11.5 Å². The number of hydrogen-bond acceptors (Lipinski definition) is 9. The van der Waals surface area contributed by atoms with Crippen LogP contribution in [0.15, 0.2) is 23.6 Å². The summed E-state index contributed by atoms with van der Waals surface area (Å²) in [7, 11) is 0. The van der Waals surface area contributed by atoms with Crippen molar-refractivity contribution in [2.75, 3.05) is 12.3 Å². The molecule has 0 saturated carbocycles. The van der Waals surface area contributed by atoms with E-state index in [1.54, 1.807) is 6.07 Å². The summed E-state index contributed by atoms with van der Waals surface area (Å²) < 4.78 is 6.88. The molecule has 1 aliphatic rings. The Morgan fingerprint density at radius 3 is 2.78 bits per heavy atom. The first-order valence-corrected chi connectivity index (χ1v) is 6.68. The van der Waals surface area contributed by atoms with Gasteiger partial charge in [0.25, 0.3) is 0 Å². The highest BCUT2D eigenvalue weighted by Gasteiger charge is 2.59. The summed E-state index contributed by atoms with van der Waals surface area (Å²) in [6.45, 7) is -0.570. The van der Waals surface area contributed by atoms with Gasteiger partial charge in [0.15, 0.2) is 17.3 Å². The molecule has 0 aliphatic carbocycles. The van der Waals surface area contributed by atoms with Crippen LogP contribution in [0.1, 0.15) is 5.69 Å². The number of rotatable bonds is 3. The molecule has 1 aliphatic heterocycles. The predicted molar refractivity (Wildman–Crippen MR) is 76.5 cm³/mol. The maximum Gasteiger partial charge on any atom is 0.199 e. The normalized spacial score (nSPS) is 31.8. The molecule has 124 valence electrons. The molecule has 11 heteroatoms. The van der Waals surface area contributed by atoms with Gasteiger partial charge >= 0.3 is 0 Å². The number of hydrogen-bond donors (Lipinski definition) is 6. The molecule has 0 aromatic carbocycles. The first-order chi connectivity index (χ1) is 11.0. The van der Waals surface area contributed by atoms with Crippen molar-refractivity contribution in [2.45, 2.75) is 23.9 Å². The van der Waals surface area contributed by atoms with Crippen LogP contribution >= 0.6 is 0 Å². The van der Waals surface area contributed by atoms with E-state index in [9.17, 15) is 15.3 Å². The van der Waals surface area contributed by atoms with Crippen LogP contribution in [0.3, 0.4) is 0 Å². The van der Waals surface area contributed by atoms with Crippen molar-refractivity contribution in [3.05, 3.63) is 24.2 Å². The maximum absolute atomic E-state index is 10.5. The fourth-order valence-electron chi connectivity index (χ4n) is 2.83. The molecule has 1 fully saturated rings. The van der Waals surface area contributed by atoms with Gasteiger partial charge in [-0.2, -0.15) is 5.10 Å². The fraction of sp³-hybridized carbons (Fsp3) is 0.417. The molecule has 4 atom stereocenters. The summed E-state index contributed by atoms with van der Waals surface area (Å²) >= 11 is 0. The Labute approximate surface area is 129 Å². The lowest BCUT2D eigenvalue weighted by Crippen LogP contribution is -2.51. The van der Waals surface area contributed by atoms with E-state index < -0.39 is 36.4 Å². The Morgan fingerprint density at radius 2 is 2.17 bits per heavy atom. The number of ether oxygens (including phenoxy) is 1. The van der Waals surface area contributed by atoms with Crippen molar-refractivity contribution in [1.82, 2.24) is 14.6 Å². The molecule has 11 nitrogen and oxygen atoms in total. The zero-order valence-corrected chi connectivity index (χ0v) is 11.8. The molecule has 2 aromatic rings. The summed E-state index contributed by atoms with van der Waals surface area (Å²) in [6, 6.07) is 3.06. The molecule has 1 saturated heterocycles. The predicted octanol–water partition coefficient (Wildman–Crippen LogP) is -2.63. The average molecular weight is 324 g/mol. The monoisotopic (exact) mass is 324 g/mol. The Kier molecular flexibility index (Phi) is 3.56. The van der Waals surface area contributed by atoms with E-state index in [1.807, 2.05) is 0 Å². The van der Waals surface area contributed by atoms with Crippen molar-refractivity contribution in [3.8, 4) is 0 Å². The second-order valence-corrected chi connectivity index (χ2v) is 5.16. The van der Waals surface area contributed by atoms with Crippen LogP contribution in [0, 0.1) is 0 Å². The van der Waals surface area contributed by atoms with E-state index >= 15 is 0 Å². The highest BCUT2D eigenvalue weighted by atomic mass is 16.6. The molecule has 3 heterocycles. The topological polar surface area (TPSA) is 185 Å². The largest absolute Gasteiger partial charge is 0.409 e. The summed E-state index contributed by atoms with van der Waals surface area (Å²) in [5.74, 6) is -0.329. The summed E-state index contributed by atoms with van der Waals surface area (Å²) in [5.41, 5.74) is 10.2. The Hall–Kier alpha value is -2.47. The quantitative estimate of drug-likeness (QED) is 0.152. The van der Waals surface area contributed by atoms with E-state index in [1.165, 1.54) is 16.9 Å². The minimum atomic E-state index is -1.91. The number of nitrogens with two attached hydrogens (primary N) is 2. The third-order valence-electron chi connectivity index (χ3n) is 3.99. The molecule has 2 aromatic heterocycles. The molecule has 1 unspecified atom stereocenters. The van der Waals surface area contributed by atoms with Crippen LogP contribution in [0.5, 0.6) is 0 Å². The van der Waals surface area contributed by atoms with Gasteiger partial charge in [0.05, 0.1) is 12.3 Å². The summed E-state index contributed by atoms with van der Waals surface area (Å²) in [6.07, 6.45) is -3.00. The SMILES string of the molecule is N/C(=N\O)[C@@]1(c2ccc3c(N)ncnn23)O[C@H](CO)C(O)[C@@H]1O. The number of nitrogens with zero attached hydrogens (tertiary/aromatic N) is 4. The van der Waals surface area contributed by atoms with Gasteiger partial charge in [-0.3, -0.25) is 0 Å². The molecule has 0 amide bonds. The van der Waals surface area contributed by atoms with Crippen LogP contribution < -0.4 is 11.5 Å². The number of anilines is 1. The van der Waals surface area contributed by atoms with Gasteiger partial charge in [-0.1, -0.05) is 5.16 Å². The number of oxime groups is 1. The van der Waals surface area contributed by atoms with Crippen LogP contribution in [0.4, 0.5) is 5.82 Å². The van der Waals surface area contributed by atoms with Crippen molar-refractivity contribution in [3.63, 3.8) is 0 Å². The standard InChI is InChI=1S/C12H16N6O5/c13-10-5-1-2-7(18(5)16-4-15-10)12(11(14)17-22)9(21)8(20)6(3-19)23-12/h1-2,4,6,8-9,19-22H,3H2,(H2,14,17)(H2,13,15,16)/t6-,8?,9+,12+/m1/s1. The van der Waals surface area contributed by atoms with Gasteiger partial charge in [-0.15, -0.1) is 0 Å². The lowest BCUT2D eigenvalue weighted by atomic mass is 9.90. The third-order valence-corrected chi connectivity index (χ3v) is 3.99. The number of nitrogen functional groups attached to an aromatic ring is 1. The van der Waals surface area contributed by atoms with Crippen molar-refractivity contribution in [2.24, 2.45) is 10.9 Å². The van der Waals surface area contributed by atoms with E-state index in [4.69, 9.17) is 21.4 Å². The van der Waals surface area contributed by atoms with Gasteiger partial charge in [0.1, 0.15) is 30.2 Å². The number of amidine groups is 1. The molecule has 0 bridgehead atoms. The molecule has 3 rings (SSSR count). The van der Waals surface area contributed by atoms with Gasteiger partial charge in [0.2, 0.25) is 0 Å². The molecular weight excluding hydrogens is 308 g/mol. The van der Waals surface area contributed by atoms with Crippen LogP contribution in [0.25, 0.3) is 5.52 Å². The second kappa shape index (κ2) is 5.31. The van der Waals surface area contributed by atoms with E-state index in [2.05, 4.69) is 15.2 Å². The third kappa shape index (κ3) is 1.95. The zero-order valence-electron chi connectivity index (χ0n) is 11.8. The number of fused-ring (bicyclic) bond motifs is 1. The van der Waals surface area contributed by atoms with E-state index in [0.717, 1.165) is 0 Å². The molecule has 0 spiro atoms. The maximum atomic E-state index is 10.5. The highest BCUT2D eigenvalue weighted by Crippen LogP contribution is 2.40. The van der Waals surface area contributed by atoms with Gasteiger partial charge in [0, 0.05) is 0 Å².